The molecule has 0 atom stereocenters. The Hall–Kier alpha value is -2.25. The van der Waals surface area contributed by atoms with E-state index in [4.69, 9.17) is 11.6 Å². The van der Waals surface area contributed by atoms with Gasteiger partial charge in [0.25, 0.3) is 0 Å². The largest absolute Gasteiger partial charge is 0.371 e. The number of hydrogen-bond acceptors (Lipinski definition) is 10. The van der Waals surface area contributed by atoms with E-state index in [9.17, 15) is 8.78 Å². The monoisotopic (exact) mass is 526 g/mol. The molecule has 1 aromatic carbocycles. The molecular weight excluding hydrogens is 502 g/mol. The number of nitrogens with zero attached hydrogens (tertiary/aromatic N) is 6. The lowest BCUT2D eigenvalue weighted by atomic mass is 10.2. The summed E-state index contributed by atoms with van der Waals surface area (Å²) >= 11 is 8.66. The van der Waals surface area contributed by atoms with Gasteiger partial charge in [-0.3, -0.25) is 4.90 Å². The molecule has 0 aliphatic carbocycles. The Balaban J connectivity index is 1.45. The molecule has 3 aromatic rings. The fourth-order valence-electron chi connectivity index (χ4n) is 3.48. The minimum atomic E-state index is -0.584. The zero-order valence-electron chi connectivity index (χ0n) is 18.8. The van der Waals surface area contributed by atoms with E-state index in [2.05, 4.69) is 41.2 Å². The molecule has 13 heteroatoms. The normalized spacial score (nSPS) is 14.9. The molecule has 0 bridgehead atoms. The van der Waals surface area contributed by atoms with Gasteiger partial charge in [0.1, 0.15) is 12.1 Å². The van der Waals surface area contributed by atoms with Crippen molar-refractivity contribution in [2.45, 2.75) is 4.90 Å². The van der Waals surface area contributed by atoms with Crippen LogP contribution < -0.4 is 14.9 Å². The summed E-state index contributed by atoms with van der Waals surface area (Å²) in [6.45, 7) is 5.65. The highest BCUT2D eigenvalue weighted by atomic mass is 35.5. The van der Waals surface area contributed by atoms with E-state index in [1.54, 1.807) is 0 Å². The average Bonchev–Trinajstić information content (AvgIpc) is 3.34. The third-order valence-corrected chi connectivity index (χ3v) is 7.36. The summed E-state index contributed by atoms with van der Waals surface area (Å²) in [7, 11) is 4.02. The summed E-state index contributed by atoms with van der Waals surface area (Å²) in [6.07, 6.45) is 2.81. The summed E-state index contributed by atoms with van der Waals surface area (Å²) in [6, 6.07) is 4.20. The van der Waals surface area contributed by atoms with Crippen LogP contribution in [0, 0.1) is 11.8 Å². The van der Waals surface area contributed by atoms with Crippen molar-refractivity contribution in [2.24, 2.45) is 0 Å². The van der Waals surface area contributed by atoms with Gasteiger partial charge in [-0.05, 0) is 25.1 Å². The first kappa shape index (κ1) is 24.9. The Morgan fingerprint density at radius 2 is 1.94 bits per heavy atom. The number of anilines is 4. The third-order valence-electron chi connectivity index (χ3n) is 5.51. The molecule has 0 spiro atoms. The second-order valence-corrected chi connectivity index (χ2v) is 9.96. The van der Waals surface area contributed by atoms with Crippen LogP contribution >= 0.6 is 35.1 Å². The van der Waals surface area contributed by atoms with Gasteiger partial charge in [-0.2, -0.15) is 8.76 Å². The van der Waals surface area contributed by atoms with Crippen LogP contribution in [-0.2, 0) is 0 Å². The highest BCUT2D eigenvalue weighted by Gasteiger charge is 2.17. The molecule has 1 saturated heterocycles. The molecule has 182 valence electrons. The van der Waals surface area contributed by atoms with Crippen LogP contribution in [0.2, 0.25) is 5.02 Å². The van der Waals surface area contributed by atoms with E-state index in [0.717, 1.165) is 44.7 Å². The van der Waals surface area contributed by atoms with Crippen LogP contribution in [0.15, 0.2) is 35.6 Å². The van der Waals surface area contributed by atoms with Crippen molar-refractivity contribution < 1.29 is 8.78 Å². The minimum absolute atomic E-state index is 0.312. The Morgan fingerprint density at radius 1 is 1.15 bits per heavy atom. The second kappa shape index (κ2) is 11.5. The van der Waals surface area contributed by atoms with Crippen LogP contribution in [-0.4, -0.2) is 77.5 Å². The van der Waals surface area contributed by atoms with Gasteiger partial charge in [0, 0.05) is 70.0 Å². The van der Waals surface area contributed by atoms with Crippen molar-refractivity contribution in [2.75, 3.05) is 68.3 Å². The standard InChI is InChI=1S/C21H25ClF2N8S2/c1-30-3-6-32(7-4-30)8-5-31(2)18-11-20(24)25-12-17(18)28-16-10-15(23)19(9-14(16)22)33-29-21-26-13-27-34-21/h9-13,28H,3-8H2,1-2H3,(H,26,27,29). The van der Waals surface area contributed by atoms with E-state index in [1.807, 2.05) is 11.9 Å². The van der Waals surface area contributed by atoms with Crippen LogP contribution in [0.25, 0.3) is 0 Å². The Bertz CT molecular complexity index is 1100. The Kier molecular flexibility index (Phi) is 8.37. The highest BCUT2D eigenvalue weighted by molar-refractivity contribution is 8.00. The van der Waals surface area contributed by atoms with Crippen LogP contribution in [0.1, 0.15) is 0 Å². The molecule has 3 heterocycles. The highest BCUT2D eigenvalue weighted by Crippen LogP contribution is 2.35. The minimum Gasteiger partial charge on any atom is -0.371 e. The number of pyridine rings is 1. The van der Waals surface area contributed by atoms with Crippen molar-refractivity contribution in [1.29, 1.82) is 0 Å². The smallest absolute Gasteiger partial charge is 0.215 e. The SMILES string of the molecule is CN1CCN(CCN(C)c2cc(F)ncc2Nc2cc(F)c(SNc3ncns3)cc2Cl)CC1. The summed E-state index contributed by atoms with van der Waals surface area (Å²) in [4.78, 5) is 14.7. The fourth-order valence-corrected chi connectivity index (χ4v) is 4.90. The van der Waals surface area contributed by atoms with Gasteiger partial charge >= 0.3 is 0 Å². The Labute approximate surface area is 210 Å². The molecule has 0 radical (unpaired) electrons. The molecule has 8 nitrogen and oxygen atoms in total. The van der Waals surface area contributed by atoms with Gasteiger partial charge in [0.15, 0.2) is 0 Å². The molecule has 4 rings (SSSR count). The number of halogens is 3. The second-order valence-electron chi connectivity index (χ2n) is 7.93. The Morgan fingerprint density at radius 3 is 2.68 bits per heavy atom. The zero-order valence-corrected chi connectivity index (χ0v) is 21.2. The first-order valence-corrected chi connectivity index (χ1v) is 12.6. The number of benzene rings is 1. The van der Waals surface area contributed by atoms with Crippen molar-refractivity contribution >= 4 is 57.3 Å². The molecule has 1 aliphatic rings. The van der Waals surface area contributed by atoms with E-state index >= 15 is 0 Å². The zero-order chi connectivity index (χ0) is 24.1. The number of nitrogens with one attached hydrogen (secondary N) is 2. The quantitative estimate of drug-likeness (QED) is 0.311. The third kappa shape index (κ3) is 6.45. The summed E-state index contributed by atoms with van der Waals surface area (Å²) in [5, 5.41) is 3.99. The molecule has 0 amide bonds. The van der Waals surface area contributed by atoms with E-state index in [-0.39, 0.29) is 0 Å². The van der Waals surface area contributed by atoms with Gasteiger partial charge < -0.3 is 19.8 Å². The van der Waals surface area contributed by atoms with Gasteiger partial charge in [-0.25, -0.2) is 14.4 Å². The molecule has 34 heavy (non-hydrogen) atoms. The molecular formula is C21H25ClF2N8S2. The van der Waals surface area contributed by atoms with Crippen LogP contribution in [0.5, 0.6) is 0 Å². The van der Waals surface area contributed by atoms with E-state index in [0.29, 0.717) is 38.7 Å². The van der Waals surface area contributed by atoms with Crippen molar-refractivity contribution in [3.8, 4) is 0 Å². The van der Waals surface area contributed by atoms with Gasteiger partial charge in [-0.1, -0.05) is 11.6 Å². The van der Waals surface area contributed by atoms with Crippen LogP contribution in [0.3, 0.4) is 0 Å². The van der Waals surface area contributed by atoms with Crippen LogP contribution in [0.4, 0.5) is 31.0 Å². The molecule has 2 N–H and O–H groups in total. The summed E-state index contributed by atoms with van der Waals surface area (Å²) < 4.78 is 35.6. The summed E-state index contributed by atoms with van der Waals surface area (Å²) in [5.74, 6) is -1.05. The summed E-state index contributed by atoms with van der Waals surface area (Å²) in [5.41, 5.74) is 1.52. The lowest BCUT2D eigenvalue weighted by molar-refractivity contribution is 0.157. The average molecular weight is 527 g/mol. The topological polar surface area (TPSA) is 72.5 Å². The fraction of sp³-hybridized carbons (Fsp3) is 0.381. The number of likely N-dealkylation sites (N-methyl/N-ethyl adjacent to an activating group) is 2. The van der Waals surface area contributed by atoms with E-state index < -0.39 is 11.8 Å². The number of aromatic nitrogens is 3. The maximum absolute atomic E-state index is 14.8. The van der Waals surface area contributed by atoms with Crippen molar-refractivity contribution in [3.63, 3.8) is 0 Å². The predicted octanol–water partition coefficient (Wildman–Crippen LogP) is 4.41. The van der Waals surface area contributed by atoms with Gasteiger partial charge in [0.2, 0.25) is 11.1 Å². The van der Waals surface area contributed by atoms with E-state index in [1.165, 1.54) is 42.3 Å². The molecule has 1 fully saturated rings. The molecule has 2 aromatic heterocycles. The molecule has 0 unspecified atom stereocenters. The lowest BCUT2D eigenvalue weighted by Crippen LogP contribution is -2.46. The van der Waals surface area contributed by atoms with Crippen molar-refractivity contribution in [3.05, 3.63) is 47.5 Å². The van der Waals surface area contributed by atoms with Crippen molar-refractivity contribution in [1.82, 2.24) is 24.1 Å². The maximum atomic E-state index is 14.8. The number of rotatable bonds is 9. The first-order valence-electron chi connectivity index (χ1n) is 10.6. The number of hydrogen-bond donors (Lipinski definition) is 2. The molecule has 1 aliphatic heterocycles. The lowest BCUT2D eigenvalue weighted by Gasteiger charge is -2.34. The predicted molar refractivity (Wildman–Crippen MR) is 135 cm³/mol. The van der Waals surface area contributed by atoms with Gasteiger partial charge in [-0.15, -0.1) is 0 Å². The maximum Gasteiger partial charge on any atom is 0.215 e. The molecule has 0 saturated carbocycles. The van der Waals surface area contributed by atoms with Gasteiger partial charge in [0.05, 0.1) is 33.2 Å². The number of piperazine rings is 1. The first-order chi connectivity index (χ1) is 16.4.